The molecule has 0 aliphatic rings. The number of benzene rings is 1. The standard InChI is InChI=1S/C15H15N5O2/c1-10-14(15(21)22-9-12-8-16-19-17-12)11(2)20(18-10)13-6-4-3-5-7-13/h3-8H,9H2,1-2H3,(H,16,17,19). The number of carbonyl (C=O) groups is 1. The lowest BCUT2D eigenvalue weighted by Gasteiger charge is -2.05. The molecular formula is C15H15N5O2. The van der Waals surface area contributed by atoms with Crippen LogP contribution in [-0.2, 0) is 11.3 Å². The number of hydrogen-bond donors (Lipinski definition) is 1. The van der Waals surface area contributed by atoms with E-state index in [1.165, 1.54) is 6.20 Å². The van der Waals surface area contributed by atoms with E-state index in [-0.39, 0.29) is 6.61 Å². The summed E-state index contributed by atoms with van der Waals surface area (Å²) in [7, 11) is 0. The molecule has 0 radical (unpaired) electrons. The fourth-order valence-corrected chi connectivity index (χ4v) is 2.27. The molecule has 7 nitrogen and oxygen atoms in total. The van der Waals surface area contributed by atoms with Crippen molar-refractivity contribution in [2.24, 2.45) is 0 Å². The molecule has 2 aromatic heterocycles. The van der Waals surface area contributed by atoms with Crippen LogP contribution in [0.3, 0.4) is 0 Å². The van der Waals surface area contributed by atoms with Crippen LogP contribution < -0.4 is 0 Å². The van der Waals surface area contributed by atoms with E-state index in [1.807, 2.05) is 37.3 Å². The van der Waals surface area contributed by atoms with Gasteiger partial charge in [0.15, 0.2) is 0 Å². The first kappa shape index (κ1) is 14.0. The van der Waals surface area contributed by atoms with Gasteiger partial charge in [-0.25, -0.2) is 9.48 Å². The lowest BCUT2D eigenvalue weighted by Crippen LogP contribution is -2.08. The van der Waals surface area contributed by atoms with Crippen LogP contribution >= 0.6 is 0 Å². The van der Waals surface area contributed by atoms with Crippen molar-refractivity contribution >= 4 is 5.97 Å². The summed E-state index contributed by atoms with van der Waals surface area (Å²) < 4.78 is 7.01. The van der Waals surface area contributed by atoms with Gasteiger partial charge in [0.25, 0.3) is 0 Å². The van der Waals surface area contributed by atoms with Crippen molar-refractivity contribution in [3.05, 3.63) is 59.2 Å². The zero-order valence-corrected chi connectivity index (χ0v) is 12.3. The van der Waals surface area contributed by atoms with Gasteiger partial charge in [-0.1, -0.05) is 18.2 Å². The Bertz CT molecular complexity index is 778. The third-order valence-electron chi connectivity index (χ3n) is 3.31. The maximum Gasteiger partial charge on any atom is 0.342 e. The molecule has 0 saturated carbocycles. The number of rotatable bonds is 4. The maximum atomic E-state index is 12.3. The van der Waals surface area contributed by atoms with Crippen molar-refractivity contribution in [2.45, 2.75) is 20.5 Å². The number of nitrogens with one attached hydrogen (secondary N) is 1. The largest absolute Gasteiger partial charge is 0.455 e. The molecule has 0 bridgehead atoms. The molecule has 112 valence electrons. The summed E-state index contributed by atoms with van der Waals surface area (Å²) in [6.45, 7) is 3.71. The number of esters is 1. The second kappa shape index (κ2) is 5.80. The van der Waals surface area contributed by atoms with Crippen LogP contribution in [0.1, 0.15) is 27.4 Å². The Morgan fingerprint density at radius 2 is 2.05 bits per heavy atom. The number of nitrogens with zero attached hydrogens (tertiary/aromatic N) is 4. The van der Waals surface area contributed by atoms with Crippen LogP contribution in [0.15, 0.2) is 36.5 Å². The Labute approximate surface area is 126 Å². The van der Waals surface area contributed by atoms with Crippen LogP contribution in [0.4, 0.5) is 0 Å². The molecule has 2 heterocycles. The Morgan fingerprint density at radius 1 is 1.27 bits per heavy atom. The maximum absolute atomic E-state index is 12.3. The molecule has 1 aromatic carbocycles. The highest BCUT2D eigenvalue weighted by Crippen LogP contribution is 2.19. The number of H-pyrrole nitrogens is 1. The van der Waals surface area contributed by atoms with E-state index in [0.29, 0.717) is 17.0 Å². The third-order valence-corrected chi connectivity index (χ3v) is 3.31. The molecule has 3 rings (SSSR count). The van der Waals surface area contributed by atoms with Gasteiger partial charge in [-0.2, -0.15) is 20.5 Å². The van der Waals surface area contributed by atoms with Gasteiger partial charge in [0.05, 0.1) is 23.3 Å². The fraction of sp³-hybridized carbons (Fsp3) is 0.200. The number of aromatic nitrogens is 5. The molecule has 0 amide bonds. The highest BCUT2D eigenvalue weighted by molar-refractivity contribution is 5.92. The van der Waals surface area contributed by atoms with Gasteiger partial charge >= 0.3 is 5.97 Å². The van der Waals surface area contributed by atoms with Gasteiger partial charge in [-0.3, -0.25) is 0 Å². The predicted octanol–water partition coefficient (Wildman–Crippen LogP) is 1.96. The van der Waals surface area contributed by atoms with Crippen molar-refractivity contribution in [1.82, 2.24) is 25.2 Å². The van der Waals surface area contributed by atoms with E-state index in [4.69, 9.17) is 4.74 Å². The van der Waals surface area contributed by atoms with Crippen molar-refractivity contribution in [1.29, 1.82) is 0 Å². The summed E-state index contributed by atoms with van der Waals surface area (Å²) in [5.74, 6) is -0.416. The Hall–Kier alpha value is -2.96. The average Bonchev–Trinajstić information content (AvgIpc) is 3.14. The lowest BCUT2D eigenvalue weighted by atomic mass is 10.2. The van der Waals surface area contributed by atoms with E-state index in [1.54, 1.807) is 11.6 Å². The minimum absolute atomic E-state index is 0.0741. The zero-order chi connectivity index (χ0) is 15.5. The molecule has 3 aromatic rings. The number of aromatic amines is 1. The SMILES string of the molecule is Cc1nn(-c2ccccc2)c(C)c1C(=O)OCc1cn[nH]n1. The first-order valence-electron chi connectivity index (χ1n) is 6.80. The van der Waals surface area contributed by atoms with E-state index in [2.05, 4.69) is 20.5 Å². The van der Waals surface area contributed by atoms with Crippen LogP contribution in [0.2, 0.25) is 0 Å². The van der Waals surface area contributed by atoms with Crippen molar-refractivity contribution in [3.63, 3.8) is 0 Å². The topological polar surface area (TPSA) is 85.7 Å². The zero-order valence-electron chi connectivity index (χ0n) is 12.3. The van der Waals surface area contributed by atoms with Crippen LogP contribution in [0.25, 0.3) is 5.69 Å². The van der Waals surface area contributed by atoms with Gasteiger partial charge in [0.1, 0.15) is 17.9 Å². The molecule has 1 N–H and O–H groups in total. The van der Waals surface area contributed by atoms with E-state index in [9.17, 15) is 4.79 Å². The average molecular weight is 297 g/mol. The quantitative estimate of drug-likeness (QED) is 0.744. The molecule has 0 saturated heterocycles. The Balaban J connectivity index is 1.85. The van der Waals surface area contributed by atoms with Crippen LogP contribution in [0.5, 0.6) is 0 Å². The van der Waals surface area contributed by atoms with Gasteiger partial charge in [-0.15, -0.1) is 0 Å². The summed E-state index contributed by atoms with van der Waals surface area (Å²) in [5, 5.41) is 14.4. The predicted molar refractivity (Wildman–Crippen MR) is 78.5 cm³/mol. The number of ether oxygens (including phenoxy) is 1. The van der Waals surface area contributed by atoms with Gasteiger partial charge in [0.2, 0.25) is 0 Å². The number of hydrogen-bond acceptors (Lipinski definition) is 5. The molecular weight excluding hydrogens is 282 g/mol. The molecule has 0 atom stereocenters. The summed E-state index contributed by atoms with van der Waals surface area (Å²) in [4.78, 5) is 12.3. The number of para-hydroxylation sites is 1. The molecule has 0 aliphatic heterocycles. The smallest absolute Gasteiger partial charge is 0.342 e. The summed E-state index contributed by atoms with van der Waals surface area (Å²) in [5.41, 5.74) is 3.32. The van der Waals surface area contributed by atoms with E-state index < -0.39 is 5.97 Å². The Morgan fingerprint density at radius 3 is 2.73 bits per heavy atom. The first-order valence-corrected chi connectivity index (χ1v) is 6.80. The van der Waals surface area contributed by atoms with Crippen LogP contribution in [0, 0.1) is 13.8 Å². The fourth-order valence-electron chi connectivity index (χ4n) is 2.27. The minimum atomic E-state index is -0.416. The normalized spacial score (nSPS) is 10.6. The minimum Gasteiger partial charge on any atom is -0.455 e. The lowest BCUT2D eigenvalue weighted by molar-refractivity contribution is 0.0466. The summed E-state index contributed by atoms with van der Waals surface area (Å²) in [6, 6.07) is 9.65. The van der Waals surface area contributed by atoms with Crippen molar-refractivity contribution in [2.75, 3.05) is 0 Å². The summed E-state index contributed by atoms with van der Waals surface area (Å²) in [6.07, 6.45) is 1.51. The number of aryl methyl sites for hydroxylation is 1. The van der Waals surface area contributed by atoms with Crippen molar-refractivity contribution < 1.29 is 9.53 Å². The van der Waals surface area contributed by atoms with Crippen LogP contribution in [-0.4, -0.2) is 31.2 Å². The number of carbonyl (C=O) groups excluding carboxylic acids is 1. The van der Waals surface area contributed by atoms with Gasteiger partial charge < -0.3 is 4.74 Å². The molecule has 0 spiro atoms. The molecule has 0 unspecified atom stereocenters. The Kier molecular flexibility index (Phi) is 3.69. The molecule has 0 fully saturated rings. The third kappa shape index (κ3) is 2.60. The van der Waals surface area contributed by atoms with E-state index >= 15 is 0 Å². The van der Waals surface area contributed by atoms with Crippen molar-refractivity contribution in [3.8, 4) is 5.69 Å². The second-order valence-corrected chi connectivity index (χ2v) is 4.83. The molecule has 7 heteroatoms. The highest BCUT2D eigenvalue weighted by Gasteiger charge is 2.21. The second-order valence-electron chi connectivity index (χ2n) is 4.83. The highest BCUT2D eigenvalue weighted by atomic mass is 16.5. The van der Waals surface area contributed by atoms with Gasteiger partial charge in [-0.05, 0) is 26.0 Å². The summed E-state index contributed by atoms with van der Waals surface area (Å²) >= 11 is 0. The molecule has 22 heavy (non-hydrogen) atoms. The monoisotopic (exact) mass is 297 g/mol. The van der Waals surface area contributed by atoms with Gasteiger partial charge in [0, 0.05) is 0 Å². The molecule has 0 aliphatic carbocycles. The van der Waals surface area contributed by atoms with E-state index in [0.717, 1.165) is 11.4 Å². The first-order chi connectivity index (χ1) is 10.7.